The molecule has 0 aliphatic heterocycles. The molecule has 1 heterocycles. The quantitative estimate of drug-likeness (QED) is 0.686. The van der Waals surface area contributed by atoms with E-state index >= 15 is 0 Å². The molecule has 2 atom stereocenters. The van der Waals surface area contributed by atoms with Crippen LogP contribution in [0.3, 0.4) is 0 Å². The van der Waals surface area contributed by atoms with Crippen LogP contribution >= 0.6 is 0 Å². The van der Waals surface area contributed by atoms with Crippen molar-refractivity contribution >= 4 is 0 Å². The molecular weight excluding hydrogens is 194 g/mol. The Morgan fingerprint density at radius 1 is 1.67 bits per heavy atom. The Kier molecular flexibility index (Phi) is 2.70. The van der Waals surface area contributed by atoms with Gasteiger partial charge in [-0.3, -0.25) is 0 Å². The van der Waals surface area contributed by atoms with Gasteiger partial charge in [-0.15, -0.1) is 10.2 Å². The summed E-state index contributed by atoms with van der Waals surface area (Å²) in [7, 11) is 1.73. The molecule has 6 heteroatoms. The molecule has 84 valence electrons. The van der Waals surface area contributed by atoms with Gasteiger partial charge in [-0.1, -0.05) is 6.42 Å². The molecule has 0 amide bonds. The van der Waals surface area contributed by atoms with Gasteiger partial charge in [0.1, 0.15) is 0 Å². The van der Waals surface area contributed by atoms with Crippen LogP contribution in [0.1, 0.15) is 25.1 Å². The molecule has 1 saturated carbocycles. The topological polar surface area (TPSA) is 89.9 Å². The number of aliphatic hydroxyl groups is 1. The van der Waals surface area contributed by atoms with Gasteiger partial charge in [0.05, 0.1) is 13.2 Å². The fourth-order valence-electron chi connectivity index (χ4n) is 2.35. The van der Waals surface area contributed by atoms with E-state index < -0.39 is 0 Å². The molecule has 1 aromatic heterocycles. The Hall–Kier alpha value is -1.01. The highest BCUT2D eigenvalue weighted by Gasteiger charge is 2.41. The van der Waals surface area contributed by atoms with Gasteiger partial charge in [-0.25, -0.2) is 0 Å². The number of aliphatic hydroxyl groups excluding tert-OH is 1. The van der Waals surface area contributed by atoms with E-state index in [9.17, 15) is 5.11 Å². The molecule has 0 bridgehead atoms. The van der Waals surface area contributed by atoms with Crippen molar-refractivity contribution in [2.45, 2.75) is 31.8 Å². The second kappa shape index (κ2) is 3.86. The summed E-state index contributed by atoms with van der Waals surface area (Å²) < 4.78 is 0. The molecule has 0 saturated heterocycles. The van der Waals surface area contributed by atoms with Crippen LogP contribution in [0.15, 0.2) is 0 Å². The summed E-state index contributed by atoms with van der Waals surface area (Å²) >= 11 is 0. The van der Waals surface area contributed by atoms with Gasteiger partial charge in [0, 0.05) is 18.4 Å². The Morgan fingerprint density at radius 3 is 2.93 bits per heavy atom. The van der Waals surface area contributed by atoms with Crippen molar-refractivity contribution < 1.29 is 5.11 Å². The van der Waals surface area contributed by atoms with Crippen LogP contribution in [-0.4, -0.2) is 38.0 Å². The minimum atomic E-state index is -0.327. The van der Waals surface area contributed by atoms with Crippen LogP contribution in [0.25, 0.3) is 0 Å². The van der Waals surface area contributed by atoms with E-state index in [0.717, 1.165) is 19.3 Å². The summed E-state index contributed by atoms with van der Waals surface area (Å²) in [4.78, 5) is 1.43. The number of nitrogens with two attached hydrogens (primary N) is 1. The summed E-state index contributed by atoms with van der Waals surface area (Å²) in [6.07, 6.45) is 3.10. The number of rotatable bonds is 3. The lowest BCUT2D eigenvalue weighted by Crippen LogP contribution is -2.39. The van der Waals surface area contributed by atoms with Crippen LogP contribution < -0.4 is 5.73 Å². The highest BCUT2D eigenvalue weighted by Crippen LogP contribution is 2.39. The Labute approximate surface area is 88.5 Å². The molecule has 1 aliphatic rings. The second-order valence-electron chi connectivity index (χ2n) is 4.35. The lowest BCUT2D eigenvalue weighted by Gasteiger charge is -2.29. The smallest absolute Gasteiger partial charge is 0.175 e. The molecular formula is C9H17N5O. The number of tetrazole rings is 1. The van der Waals surface area contributed by atoms with E-state index in [0.29, 0.717) is 18.8 Å². The fraction of sp³-hybridized carbons (Fsp3) is 0.889. The van der Waals surface area contributed by atoms with E-state index in [4.69, 9.17) is 5.73 Å². The van der Waals surface area contributed by atoms with E-state index in [-0.39, 0.29) is 11.5 Å². The molecule has 0 aromatic carbocycles. The van der Waals surface area contributed by atoms with E-state index in [1.165, 1.54) is 4.80 Å². The zero-order valence-electron chi connectivity index (χ0n) is 8.93. The number of aryl methyl sites for hydroxylation is 1. The first-order valence-electron chi connectivity index (χ1n) is 5.27. The maximum atomic E-state index is 9.94. The molecule has 3 N–H and O–H groups in total. The summed E-state index contributed by atoms with van der Waals surface area (Å²) in [6.45, 7) is 0.479. The summed E-state index contributed by atoms with van der Waals surface area (Å²) in [5.41, 5.74) is 5.54. The zero-order valence-corrected chi connectivity index (χ0v) is 8.93. The maximum absolute atomic E-state index is 9.94. The standard InChI is InChI=1S/C9H17N5O/c1-14-12-8(11-13-14)5-9(6-10)4-2-3-7(9)15/h7,15H,2-6,10H2,1H3. The summed E-state index contributed by atoms with van der Waals surface area (Å²) in [5, 5.41) is 21.8. The monoisotopic (exact) mass is 211 g/mol. The third-order valence-corrected chi connectivity index (χ3v) is 3.33. The van der Waals surface area contributed by atoms with Crippen molar-refractivity contribution in [3.8, 4) is 0 Å². The number of hydrogen-bond donors (Lipinski definition) is 2. The molecule has 2 rings (SSSR count). The summed E-state index contributed by atoms with van der Waals surface area (Å²) in [5.74, 6) is 0.670. The van der Waals surface area contributed by atoms with Crippen LogP contribution in [0.4, 0.5) is 0 Å². The Balaban J connectivity index is 2.14. The zero-order chi connectivity index (χ0) is 10.9. The van der Waals surface area contributed by atoms with Crippen molar-refractivity contribution in [1.82, 2.24) is 20.2 Å². The first-order valence-corrected chi connectivity index (χ1v) is 5.27. The number of hydrogen-bond acceptors (Lipinski definition) is 5. The molecule has 2 unspecified atom stereocenters. The van der Waals surface area contributed by atoms with Gasteiger partial charge in [0.15, 0.2) is 5.82 Å². The minimum absolute atomic E-state index is 0.233. The maximum Gasteiger partial charge on any atom is 0.175 e. The molecule has 1 aromatic rings. The lowest BCUT2D eigenvalue weighted by atomic mass is 9.80. The molecule has 0 spiro atoms. The van der Waals surface area contributed by atoms with Crippen LogP contribution in [0.5, 0.6) is 0 Å². The van der Waals surface area contributed by atoms with Crippen molar-refractivity contribution in [3.63, 3.8) is 0 Å². The first-order chi connectivity index (χ1) is 7.16. The van der Waals surface area contributed by atoms with Gasteiger partial charge in [-0.05, 0) is 18.1 Å². The van der Waals surface area contributed by atoms with Gasteiger partial charge >= 0.3 is 0 Å². The Bertz CT molecular complexity index is 339. The van der Waals surface area contributed by atoms with Crippen molar-refractivity contribution in [2.24, 2.45) is 18.2 Å². The SMILES string of the molecule is Cn1nnc(CC2(CN)CCCC2O)n1. The fourth-order valence-corrected chi connectivity index (χ4v) is 2.35. The number of aromatic nitrogens is 4. The number of nitrogens with zero attached hydrogens (tertiary/aromatic N) is 4. The minimum Gasteiger partial charge on any atom is -0.392 e. The molecule has 15 heavy (non-hydrogen) atoms. The van der Waals surface area contributed by atoms with E-state index in [1.807, 2.05) is 0 Å². The molecule has 1 fully saturated rings. The van der Waals surface area contributed by atoms with Gasteiger partial charge in [0.2, 0.25) is 0 Å². The lowest BCUT2D eigenvalue weighted by molar-refractivity contribution is 0.0573. The van der Waals surface area contributed by atoms with Gasteiger partial charge < -0.3 is 10.8 Å². The van der Waals surface area contributed by atoms with Gasteiger partial charge in [0.25, 0.3) is 0 Å². The van der Waals surface area contributed by atoms with Crippen LogP contribution in [0.2, 0.25) is 0 Å². The summed E-state index contributed by atoms with van der Waals surface area (Å²) in [6, 6.07) is 0. The van der Waals surface area contributed by atoms with Crippen LogP contribution in [-0.2, 0) is 13.5 Å². The van der Waals surface area contributed by atoms with E-state index in [2.05, 4.69) is 15.4 Å². The van der Waals surface area contributed by atoms with Crippen LogP contribution in [0, 0.1) is 5.41 Å². The third kappa shape index (κ3) is 1.87. The van der Waals surface area contributed by atoms with Crippen molar-refractivity contribution in [2.75, 3.05) is 6.54 Å². The third-order valence-electron chi connectivity index (χ3n) is 3.33. The molecule has 0 radical (unpaired) electrons. The second-order valence-corrected chi connectivity index (χ2v) is 4.35. The average molecular weight is 211 g/mol. The predicted octanol–water partition coefficient (Wildman–Crippen LogP) is -0.757. The predicted molar refractivity (Wildman–Crippen MR) is 53.8 cm³/mol. The Morgan fingerprint density at radius 2 is 2.47 bits per heavy atom. The molecule has 6 nitrogen and oxygen atoms in total. The largest absolute Gasteiger partial charge is 0.392 e. The highest BCUT2D eigenvalue weighted by molar-refractivity contribution is 4.99. The van der Waals surface area contributed by atoms with Gasteiger partial charge in [-0.2, -0.15) is 4.80 Å². The highest BCUT2D eigenvalue weighted by atomic mass is 16.3. The first kappa shape index (κ1) is 10.5. The normalized spacial score (nSPS) is 31.0. The van der Waals surface area contributed by atoms with Crippen molar-refractivity contribution in [3.05, 3.63) is 5.82 Å². The van der Waals surface area contributed by atoms with Crippen molar-refractivity contribution in [1.29, 1.82) is 0 Å². The van der Waals surface area contributed by atoms with E-state index in [1.54, 1.807) is 7.05 Å². The average Bonchev–Trinajstić information content (AvgIpc) is 2.76. The molecule has 1 aliphatic carbocycles.